The van der Waals surface area contributed by atoms with Crippen LogP contribution in [0.4, 0.5) is 0 Å². The van der Waals surface area contributed by atoms with Crippen molar-refractivity contribution in [1.82, 2.24) is 0 Å². The minimum Gasteiger partial charge on any atom is -0.427 e. The highest BCUT2D eigenvalue weighted by molar-refractivity contribution is 5.69. The molecule has 24 heavy (non-hydrogen) atoms. The van der Waals surface area contributed by atoms with Gasteiger partial charge in [-0.1, -0.05) is 24.3 Å². The normalized spacial score (nSPS) is 11.2. The van der Waals surface area contributed by atoms with Gasteiger partial charge in [-0.15, -0.1) is 0 Å². The van der Waals surface area contributed by atoms with E-state index in [1.807, 2.05) is 12.1 Å². The molecular weight excluding hydrogens is 306 g/mol. The molecule has 0 aliphatic heterocycles. The Morgan fingerprint density at radius 2 is 1.38 bits per heavy atom. The van der Waals surface area contributed by atoms with Crippen molar-refractivity contribution in [2.75, 3.05) is 0 Å². The first kappa shape index (κ1) is 17.2. The Kier molecular flexibility index (Phi) is 5.69. The van der Waals surface area contributed by atoms with Crippen LogP contribution in [0.15, 0.2) is 48.5 Å². The maximum absolute atomic E-state index is 10.9. The summed E-state index contributed by atoms with van der Waals surface area (Å²) in [5, 5.41) is 9.42. The minimum atomic E-state index is -0.382. The number of esters is 2. The topological polar surface area (TPSA) is 76.4 Å². The highest BCUT2D eigenvalue weighted by atomic mass is 16.5. The maximum atomic E-state index is 10.9. The van der Waals surface area contributed by atoms with Crippen molar-refractivity contribution in [3.63, 3.8) is 0 Å². The zero-order valence-electron chi connectivity index (χ0n) is 13.5. The van der Waals surface area contributed by atoms with Gasteiger partial charge in [-0.2, -0.15) is 5.26 Å². The van der Waals surface area contributed by atoms with Gasteiger partial charge in [0.2, 0.25) is 0 Å². The molecule has 1 atom stereocenters. The van der Waals surface area contributed by atoms with Crippen LogP contribution in [0.1, 0.15) is 30.9 Å². The van der Waals surface area contributed by atoms with Gasteiger partial charge in [0.25, 0.3) is 0 Å². The van der Waals surface area contributed by atoms with Crippen LogP contribution in [-0.2, 0) is 16.0 Å². The molecule has 2 rings (SSSR count). The molecule has 5 nitrogen and oxygen atoms in total. The second-order valence-corrected chi connectivity index (χ2v) is 5.29. The molecule has 0 aliphatic carbocycles. The second kappa shape index (κ2) is 7.93. The number of nitrogens with zero attached hydrogens (tertiary/aromatic N) is 1. The van der Waals surface area contributed by atoms with Crippen LogP contribution in [0.3, 0.4) is 0 Å². The molecule has 0 aliphatic rings. The zero-order chi connectivity index (χ0) is 17.5. The molecule has 122 valence electrons. The van der Waals surface area contributed by atoms with Gasteiger partial charge in [-0.25, -0.2) is 0 Å². The lowest BCUT2D eigenvalue weighted by Gasteiger charge is -2.11. The standard InChI is InChI=1S/C19H17NO4/c1-13(21)23-18-7-3-15(4-8-18)11-17(12-20)16-5-9-19(10-6-16)24-14(2)22/h3-10,17H,11H2,1-2H3. The highest BCUT2D eigenvalue weighted by Gasteiger charge is 2.12. The van der Waals surface area contributed by atoms with E-state index >= 15 is 0 Å². The SMILES string of the molecule is CC(=O)Oc1ccc(CC(C#N)c2ccc(OC(C)=O)cc2)cc1. The average molecular weight is 323 g/mol. The van der Waals surface area contributed by atoms with E-state index in [1.54, 1.807) is 36.4 Å². The summed E-state index contributed by atoms with van der Waals surface area (Å²) < 4.78 is 9.97. The number of rotatable bonds is 5. The van der Waals surface area contributed by atoms with Gasteiger partial charge >= 0.3 is 11.9 Å². The van der Waals surface area contributed by atoms with Gasteiger partial charge in [-0.05, 0) is 41.8 Å². The summed E-state index contributed by atoms with van der Waals surface area (Å²) in [5.74, 6) is -0.145. The number of hydrogen-bond donors (Lipinski definition) is 0. The third-order valence-electron chi connectivity index (χ3n) is 3.32. The lowest BCUT2D eigenvalue weighted by Crippen LogP contribution is -2.04. The number of carbonyl (C=O) groups is 2. The molecular formula is C19H17NO4. The van der Waals surface area contributed by atoms with Crippen LogP contribution in [0.5, 0.6) is 11.5 Å². The largest absolute Gasteiger partial charge is 0.427 e. The van der Waals surface area contributed by atoms with Crippen molar-refractivity contribution in [2.45, 2.75) is 26.2 Å². The Morgan fingerprint density at radius 1 is 0.917 bits per heavy atom. The first-order valence-corrected chi connectivity index (χ1v) is 7.43. The van der Waals surface area contributed by atoms with Crippen molar-refractivity contribution in [1.29, 1.82) is 5.26 Å². The van der Waals surface area contributed by atoms with Crippen molar-refractivity contribution < 1.29 is 19.1 Å². The summed E-state index contributed by atoms with van der Waals surface area (Å²) in [6, 6.07) is 16.2. The fourth-order valence-electron chi connectivity index (χ4n) is 2.27. The smallest absolute Gasteiger partial charge is 0.308 e. The van der Waals surface area contributed by atoms with E-state index < -0.39 is 0 Å². The number of benzene rings is 2. The first-order chi connectivity index (χ1) is 11.5. The number of nitriles is 1. The Bertz CT molecular complexity index is 757. The molecule has 0 heterocycles. The van der Waals surface area contributed by atoms with Gasteiger partial charge in [0, 0.05) is 13.8 Å². The van der Waals surface area contributed by atoms with Crippen molar-refractivity contribution in [3.8, 4) is 17.6 Å². The summed E-state index contributed by atoms with van der Waals surface area (Å²) >= 11 is 0. The van der Waals surface area contributed by atoms with Gasteiger partial charge in [0.1, 0.15) is 11.5 Å². The molecule has 0 spiro atoms. The molecule has 0 radical (unpaired) electrons. The maximum Gasteiger partial charge on any atom is 0.308 e. The van der Waals surface area contributed by atoms with Crippen LogP contribution < -0.4 is 9.47 Å². The van der Waals surface area contributed by atoms with E-state index in [9.17, 15) is 14.9 Å². The summed E-state index contributed by atoms with van der Waals surface area (Å²) in [6.07, 6.45) is 0.532. The van der Waals surface area contributed by atoms with Crippen LogP contribution in [-0.4, -0.2) is 11.9 Å². The van der Waals surface area contributed by atoms with Gasteiger partial charge < -0.3 is 9.47 Å². The highest BCUT2D eigenvalue weighted by Crippen LogP contribution is 2.24. The van der Waals surface area contributed by atoms with E-state index in [-0.39, 0.29) is 17.9 Å². The molecule has 0 saturated carbocycles. The van der Waals surface area contributed by atoms with E-state index in [4.69, 9.17) is 9.47 Å². The summed E-state index contributed by atoms with van der Waals surface area (Å²) in [4.78, 5) is 21.8. The third kappa shape index (κ3) is 4.96. The average Bonchev–Trinajstić information content (AvgIpc) is 2.54. The van der Waals surface area contributed by atoms with Crippen molar-refractivity contribution in [3.05, 3.63) is 59.7 Å². The first-order valence-electron chi connectivity index (χ1n) is 7.43. The van der Waals surface area contributed by atoms with Gasteiger partial charge in [-0.3, -0.25) is 9.59 Å². The second-order valence-electron chi connectivity index (χ2n) is 5.29. The summed E-state index contributed by atoms with van der Waals surface area (Å²) in [6.45, 7) is 2.69. The van der Waals surface area contributed by atoms with Gasteiger partial charge in [0.05, 0.1) is 12.0 Å². The van der Waals surface area contributed by atoms with E-state index in [0.29, 0.717) is 17.9 Å². The number of ether oxygens (including phenoxy) is 2. The van der Waals surface area contributed by atoms with Crippen molar-refractivity contribution in [2.24, 2.45) is 0 Å². The monoisotopic (exact) mass is 323 g/mol. The molecule has 2 aromatic carbocycles. The van der Waals surface area contributed by atoms with Crippen LogP contribution in [0.25, 0.3) is 0 Å². The molecule has 0 bridgehead atoms. The number of hydrogen-bond acceptors (Lipinski definition) is 5. The van der Waals surface area contributed by atoms with Crippen LogP contribution in [0.2, 0.25) is 0 Å². The van der Waals surface area contributed by atoms with Gasteiger partial charge in [0.15, 0.2) is 0 Å². The Balaban J connectivity index is 2.07. The fraction of sp³-hybridized carbons (Fsp3) is 0.211. The minimum absolute atomic E-state index is 0.323. The predicted octanol–water partition coefficient (Wildman–Crippen LogP) is 3.39. The predicted molar refractivity (Wildman–Crippen MR) is 87.6 cm³/mol. The lowest BCUT2D eigenvalue weighted by atomic mass is 9.93. The van der Waals surface area contributed by atoms with Crippen LogP contribution in [0, 0.1) is 11.3 Å². The molecule has 1 unspecified atom stereocenters. The molecule has 5 heteroatoms. The molecule has 0 N–H and O–H groups in total. The summed E-state index contributed by atoms with van der Waals surface area (Å²) in [7, 11) is 0. The Morgan fingerprint density at radius 3 is 1.79 bits per heavy atom. The molecule has 2 aromatic rings. The molecule has 0 saturated heterocycles. The zero-order valence-corrected chi connectivity index (χ0v) is 13.5. The van der Waals surface area contributed by atoms with E-state index in [1.165, 1.54) is 13.8 Å². The quantitative estimate of drug-likeness (QED) is 0.622. The molecule has 0 aromatic heterocycles. The summed E-state index contributed by atoms with van der Waals surface area (Å²) in [5.41, 5.74) is 1.80. The van der Waals surface area contributed by atoms with E-state index in [0.717, 1.165) is 11.1 Å². The molecule has 0 fully saturated rings. The fourth-order valence-corrected chi connectivity index (χ4v) is 2.27. The lowest BCUT2D eigenvalue weighted by molar-refractivity contribution is -0.132. The Labute approximate surface area is 140 Å². The van der Waals surface area contributed by atoms with Crippen molar-refractivity contribution >= 4 is 11.9 Å². The number of carbonyl (C=O) groups excluding carboxylic acids is 2. The van der Waals surface area contributed by atoms with Crippen LogP contribution >= 0.6 is 0 Å². The van der Waals surface area contributed by atoms with E-state index in [2.05, 4.69) is 6.07 Å². The molecule has 0 amide bonds. The third-order valence-corrected chi connectivity index (χ3v) is 3.32. The Hall–Kier alpha value is -3.13.